The van der Waals surface area contributed by atoms with Crippen LogP contribution in [0.25, 0.3) is 0 Å². The highest BCUT2D eigenvalue weighted by Crippen LogP contribution is 2.34. The van der Waals surface area contributed by atoms with Crippen molar-refractivity contribution >= 4 is 17.8 Å². The van der Waals surface area contributed by atoms with Gasteiger partial charge in [-0.05, 0) is 31.2 Å². The number of nitrogens with zero attached hydrogens (tertiary/aromatic N) is 2. The van der Waals surface area contributed by atoms with Crippen LogP contribution in [-0.2, 0) is 22.6 Å². The summed E-state index contributed by atoms with van der Waals surface area (Å²) in [6, 6.07) is 8.02. The second-order valence-corrected chi connectivity index (χ2v) is 8.45. The van der Waals surface area contributed by atoms with Crippen molar-refractivity contribution in [3.8, 4) is 0 Å². The zero-order chi connectivity index (χ0) is 23.6. The second-order valence-electron chi connectivity index (χ2n) is 8.45. The number of aromatic nitrogens is 2. The fourth-order valence-corrected chi connectivity index (χ4v) is 3.66. The van der Waals surface area contributed by atoms with Gasteiger partial charge in [0.15, 0.2) is 5.96 Å². The first-order chi connectivity index (χ1) is 15.9. The largest absolute Gasteiger partial charge is 0.370 e. The molecule has 0 unspecified atom stereocenters. The molecule has 33 heavy (non-hydrogen) atoms. The number of hydrogen-bond acceptors (Lipinski definition) is 5. The summed E-state index contributed by atoms with van der Waals surface area (Å²) in [7, 11) is 0. The van der Waals surface area contributed by atoms with Gasteiger partial charge in [0.05, 0.1) is 6.04 Å². The second kappa shape index (κ2) is 12.0. The Hall–Kier alpha value is -3.40. The number of carbonyl (C=O) groups is 2. The zero-order valence-electron chi connectivity index (χ0n) is 18.8. The molecule has 178 valence electrons. The Balaban J connectivity index is 1.55. The Morgan fingerprint density at radius 2 is 1.94 bits per heavy atom. The number of nitrogens with one attached hydrogen (secondary N) is 3. The van der Waals surface area contributed by atoms with E-state index >= 15 is 0 Å². The van der Waals surface area contributed by atoms with Crippen molar-refractivity contribution in [3.05, 3.63) is 53.6 Å². The molecule has 1 fully saturated rings. The average Bonchev–Trinajstić information content (AvgIpc) is 3.20. The molecule has 1 heterocycles. The van der Waals surface area contributed by atoms with E-state index in [0.29, 0.717) is 38.3 Å². The number of carbonyl (C=O) groups excluding carboxylic acids is 2. The van der Waals surface area contributed by atoms with Gasteiger partial charge in [-0.25, -0.2) is 4.98 Å². The molecular weight excluding hydrogens is 420 g/mol. The predicted octanol–water partition coefficient (Wildman–Crippen LogP) is 0.402. The summed E-state index contributed by atoms with van der Waals surface area (Å²) in [5, 5.41) is 5.67. The molecule has 0 saturated heterocycles. The Kier molecular flexibility index (Phi) is 8.82. The van der Waals surface area contributed by atoms with Crippen LogP contribution in [-0.4, -0.2) is 46.4 Å². The SMILES string of the molecule is NC(N)=NCCC[C@H](NC(=O)[C@@H](N)Cc1cnc(C2CCC2)[nH]1)C(=O)NCc1ccccc1. The van der Waals surface area contributed by atoms with Crippen LogP contribution in [0.3, 0.4) is 0 Å². The number of amides is 2. The van der Waals surface area contributed by atoms with Gasteiger partial charge in [-0.3, -0.25) is 14.6 Å². The molecule has 1 aromatic heterocycles. The van der Waals surface area contributed by atoms with Gasteiger partial charge in [0.1, 0.15) is 11.9 Å². The summed E-state index contributed by atoms with van der Waals surface area (Å²) in [6.07, 6.45) is 6.46. The van der Waals surface area contributed by atoms with Crippen LogP contribution in [0, 0.1) is 0 Å². The van der Waals surface area contributed by atoms with Crippen molar-refractivity contribution in [3.63, 3.8) is 0 Å². The molecule has 10 heteroatoms. The third-order valence-electron chi connectivity index (χ3n) is 5.80. The Morgan fingerprint density at radius 1 is 1.18 bits per heavy atom. The standard InChI is InChI=1S/C23H34N8O2/c24-18(12-17-14-28-20(30-17)16-8-4-9-16)21(32)31-19(10-5-11-27-23(25)26)22(33)29-13-15-6-2-1-3-7-15/h1-3,6-7,14,16,18-19H,4-5,8-13,24H2,(H,28,30)(H,29,33)(H,31,32)(H4,25,26,27)/t18-,19-/m0/s1. The number of benzene rings is 1. The number of H-pyrrole nitrogens is 1. The van der Waals surface area contributed by atoms with Gasteiger partial charge in [-0.1, -0.05) is 36.8 Å². The first-order valence-electron chi connectivity index (χ1n) is 11.4. The Bertz CT molecular complexity index is 935. The van der Waals surface area contributed by atoms with E-state index in [9.17, 15) is 9.59 Å². The highest BCUT2D eigenvalue weighted by molar-refractivity contribution is 5.89. The van der Waals surface area contributed by atoms with Crippen molar-refractivity contribution < 1.29 is 9.59 Å². The number of hydrogen-bond donors (Lipinski definition) is 6. The molecule has 10 nitrogen and oxygen atoms in total. The van der Waals surface area contributed by atoms with E-state index in [1.54, 1.807) is 6.20 Å². The van der Waals surface area contributed by atoms with Crippen molar-refractivity contribution in [2.45, 2.75) is 63.1 Å². The molecule has 1 saturated carbocycles. The summed E-state index contributed by atoms with van der Waals surface area (Å²) in [5.74, 6) is 0.759. The fraction of sp³-hybridized carbons (Fsp3) is 0.478. The topological polar surface area (TPSA) is 177 Å². The first-order valence-corrected chi connectivity index (χ1v) is 11.4. The molecule has 1 aromatic carbocycles. The van der Waals surface area contributed by atoms with E-state index in [1.807, 2.05) is 30.3 Å². The van der Waals surface area contributed by atoms with Crippen molar-refractivity contribution in [1.82, 2.24) is 20.6 Å². The van der Waals surface area contributed by atoms with Gasteiger partial charge in [0.25, 0.3) is 0 Å². The lowest BCUT2D eigenvalue weighted by Gasteiger charge is -2.23. The van der Waals surface area contributed by atoms with Crippen molar-refractivity contribution in [2.75, 3.05) is 6.54 Å². The summed E-state index contributed by atoms with van der Waals surface area (Å²) in [5.41, 5.74) is 18.7. The minimum atomic E-state index is -0.804. The maximum atomic E-state index is 12.8. The maximum Gasteiger partial charge on any atom is 0.242 e. The molecule has 1 aliphatic rings. The minimum absolute atomic E-state index is 0.00744. The van der Waals surface area contributed by atoms with Gasteiger partial charge >= 0.3 is 0 Å². The summed E-state index contributed by atoms with van der Waals surface area (Å²) < 4.78 is 0. The summed E-state index contributed by atoms with van der Waals surface area (Å²) in [4.78, 5) is 37.2. The molecule has 1 aliphatic carbocycles. The number of aliphatic imine (C=N–C) groups is 1. The van der Waals surface area contributed by atoms with Crippen LogP contribution in [0.1, 0.15) is 55.1 Å². The fourth-order valence-electron chi connectivity index (χ4n) is 3.66. The lowest BCUT2D eigenvalue weighted by Crippen LogP contribution is -2.52. The average molecular weight is 455 g/mol. The molecule has 2 amide bonds. The summed E-state index contributed by atoms with van der Waals surface area (Å²) >= 11 is 0. The first kappa shape index (κ1) is 24.2. The molecule has 3 rings (SSSR count). The molecule has 0 spiro atoms. The Morgan fingerprint density at radius 3 is 2.61 bits per heavy atom. The number of rotatable bonds is 12. The molecule has 9 N–H and O–H groups in total. The van der Waals surface area contributed by atoms with Gasteiger partial charge in [-0.2, -0.15) is 0 Å². The van der Waals surface area contributed by atoms with Crippen molar-refractivity contribution in [2.24, 2.45) is 22.2 Å². The lowest BCUT2D eigenvalue weighted by atomic mass is 9.85. The van der Waals surface area contributed by atoms with E-state index in [4.69, 9.17) is 17.2 Å². The van der Waals surface area contributed by atoms with E-state index in [1.165, 1.54) is 6.42 Å². The normalized spacial score (nSPS) is 15.2. The molecule has 0 bridgehead atoms. The third-order valence-corrected chi connectivity index (χ3v) is 5.80. The highest BCUT2D eigenvalue weighted by atomic mass is 16.2. The number of nitrogens with two attached hydrogens (primary N) is 3. The zero-order valence-corrected chi connectivity index (χ0v) is 18.8. The van der Waals surface area contributed by atoms with Crippen LogP contribution >= 0.6 is 0 Å². The maximum absolute atomic E-state index is 12.8. The third kappa shape index (κ3) is 7.60. The molecule has 0 aliphatic heterocycles. The van der Waals surface area contributed by atoms with E-state index in [0.717, 1.165) is 29.9 Å². The number of imidazole rings is 1. The highest BCUT2D eigenvalue weighted by Gasteiger charge is 2.25. The van der Waals surface area contributed by atoms with Crippen LogP contribution < -0.4 is 27.8 Å². The molecule has 2 atom stereocenters. The van der Waals surface area contributed by atoms with Crippen molar-refractivity contribution in [1.29, 1.82) is 0 Å². The van der Waals surface area contributed by atoms with Crippen LogP contribution in [0.2, 0.25) is 0 Å². The quantitative estimate of drug-likeness (QED) is 0.154. The van der Waals surface area contributed by atoms with Gasteiger partial charge < -0.3 is 32.8 Å². The Labute approximate surface area is 193 Å². The minimum Gasteiger partial charge on any atom is -0.370 e. The summed E-state index contributed by atoms with van der Waals surface area (Å²) in [6.45, 7) is 0.731. The number of aromatic amines is 1. The van der Waals surface area contributed by atoms with E-state index < -0.39 is 18.0 Å². The van der Waals surface area contributed by atoms with Crippen LogP contribution in [0.5, 0.6) is 0 Å². The van der Waals surface area contributed by atoms with Crippen LogP contribution in [0.15, 0.2) is 41.5 Å². The van der Waals surface area contributed by atoms with Gasteiger partial charge in [0, 0.05) is 37.3 Å². The monoisotopic (exact) mass is 454 g/mol. The molecular formula is C23H34N8O2. The van der Waals surface area contributed by atoms with E-state index in [2.05, 4.69) is 25.6 Å². The smallest absolute Gasteiger partial charge is 0.242 e. The van der Waals surface area contributed by atoms with Gasteiger partial charge in [0.2, 0.25) is 11.8 Å². The van der Waals surface area contributed by atoms with Crippen LogP contribution in [0.4, 0.5) is 0 Å². The number of guanidine groups is 1. The lowest BCUT2D eigenvalue weighted by molar-refractivity contribution is -0.129. The van der Waals surface area contributed by atoms with E-state index in [-0.39, 0.29) is 11.9 Å². The predicted molar refractivity (Wildman–Crippen MR) is 127 cm³/mol. The molecule has 2 aromatic rings. The molecule has 0 radical (unpaired) electrons. The van der Waals surface area contributed by atoms with Gasteiger partial charge in [-0.15, -0.1) is 0 Å².